The van der Waals surface area contributed by atoms with Gasteiger partial charge in [0.15, 0.2) is 5.54 Å². The predicted octanol–water partition coefficient (Wildman–Crippen LogP) is 1.32. The van der Waals surface area contributed by atoms with Gasteiger partial charge in [-0.2, -0.15) is 13.2 Å². The van der Waals surface area contributed by atoms with Crippen LogP contribution in [0.3, 0.4) is 0 Å². The molecule has 1 saturated carbocycles. The lowest BCUT2D eigenvalue weighted by atomic mass is 9.78. The molecule has 0 aromatic carbocycles. The van der Waals surface area contributed by atoms with Crippen LogP contribution in [0.1, 0.15) is 33.1 Å². The number of carbonyl (C=O) groups is 1. The summed E-state index contributed by atoms with van der Waals surface area (Å²) in [6, 6.07) is 0. The van der Waals surface area contributed by atoms with Crippen molar-refractivity contribution in [3.8, 4) is 0 Å². The Balaban J connectivity index is 2.68. The number of hydrogen-bond acceptors (Lipinski definition) is 2. The van der Waals surface area contributed by atoms with E-state index in [-0.39, 0.29) is 0 Å². The van der Waals surface area contributed by atoms with Crippen LogP contribution < -0.4 is 11.1 Å². The molecule has 1 aliphatic carbocycles. The van der Waals surface area contributed by atoms with Crippen LogP contribution in [0.4, 0.5) is 13.2 Å². The van der Waals surface area contributed by atoms with E-state index in [1.807, 2.05) is 0 Å². The van der Waals surface area contributed by atoms with Gasteiger partial charge in [-0.25, -0.2) is 0 Å². The smallest absolute Gasteiger partial charge is 0.349 e. The molecule has 1 aliphatic rings. The maximum atomic E-state index is 12.4. The first-order valence-corrected chi connectivity index (χ1v) is 4.77. The van der Waals surface area contributed by atoms with Crippen LogP contribution in [0.5, 0.6) is 0 Å². The third-order valence-corrected chi connectivity index (χ3v) is 2.93. The van der Waals surface area contributed by atoms with Crippen molar-refractivity contribution in [2.45, 2.75) is 50.4 Å². The Bertz CT molecular complexity index is 269. The fraction of sp³-hybridized carbons (Fsp3) is 0.889. The highest BCUT2D eigenvalue weighted by molar-refractivity contribution is 5.87. The number of carbonyl (C=O) groups excluding carboxylic acids is 1. The Labute approximate surface area is 86.2 Å². The first kappa shape index (κ1) is 12.3. The van der Waals surface area contributed by atoms with Crippen LogP contribution >= 0.6 is 0 Å². The van der Waals surface area contributed by atoms with E-state index in [0.717, 1.165) is 6.42 Å². The van der Waals surface area contributed by atoms with Gasteiger partial charge in [-0.05, 0) is 33.1 Å². The SMILES string of the molecule is CC1(NC(=O)C(C)(N)C(F)(F)F)CCC1. The number of amides is 1. The summed E-state index contributed by atoms with van der Waals surface area (Å²) in [6.07, 6.45) is -2.40. The third kappa shape index (κ3) is 2.25. The van der Waals surface area contributed by atoms with Gasteiger partial charge in [-0.1, -0.05) is 0 Å². The number of alkyl halides is 3. The van der Waals surface area contributed by atoms with Gasteiger partial charge in [0.2, 0.25) is 5.91 Å². The minimum atomic E-state index is -4.73. The Kier molecular flexibility index (Phi) is 2.76. The third-order valence-electron chi connectivity index (χ3n) is 2.93. The summed E-state index contributed by atoms with van der Waals surface area (Å²) in [7, 11) is 0. The standard InChI is InChI=1S/C9H15F3N2O/c1-7(4-3-5-7)14-6(15)8(2,13)9(10,11)12/h3-5,13H2,1-2H3,(H,14,15). The molecule has 1 atom stereocenters. The molecule has 0 aromatic heterocycles. The van der Waals surface area contributed by atoms with Gasteiger partial charge >= 0.3 is 6.18 Å². The van der Waals surface area contributed by atoms with E-state index in [9.17, 15) is 18.0 Å². The average molecular weight is 224 g/mol. The molecule has 0 aromatic rings. The van der Waals surface area contributed by atoms with Crippen molar-refractivity contribution in [1.29, 1.82) is 0 Å². The van der Waals surface area contributed by atoms with Gasteiger partial charge in [0.1, 0.15) is 0 Å². The molecule has 1 unspecified atom stereocenters. The first-order valence-electron chi connectivity index (χ1n) is 4.77. The zero-order valence-electron chi connectivity index (χ0n) is 8.74. The number of rotatable bonds is 2. The topological polar surface area (TPSA) is 55.1 Å². The van der Waals surface area contributed by atoms with Gasteiger partial charge in [-0.3, -0.25) is 4.79 Å². The van der Waals surface area contributed by atoms with Gasteiger partial charge < -0.3 is 11.1 Å². The van der Waals surface area contributed by atoms with Crippen LogP contribution in [0.25, 0.3) is 0 Å². The summed E-state index contributed by atoms with van der Waals surface area (Å²) in [5, 5.41) is 2.36. The molecule has 6 heteroatoms. The van der Waals surface area contributed by atoms with Gasteiger partial charge in [0.05, 0.1) is 0 Å². The highest BCUT2D eigenvalue weighted by Crippen LogP contribution is 2.33. The molecule has 1 rings (SSSR count). The van der Waals surface area contributed by atoms with Gasteiger partial charge in [0.25, 0.3) is 0 Å². The lowest BCUT2D eigenvalue weighted by Gasteiger charge is -2.41. The molecule has 1 fully saturated rings. The van der Waals surface area contributed by atoms with Crippen molar-refractivity contribution in [2.75, 3.05) is 0 Å². The Morgan fingerprint density at radius 1 is 1.40 bits per heavy atom. The molecule has 0 radical (unpaired) electrons. The summed E-state index contributed by atoms with van der Waals surface area (Å²) < 4.78 is 37.2. The largest absolute Gasteiger partial charge is 0.415 e. The lowest BCUT2D eigenvalue weighted by molar-refractivity contribution is -0.188. The van der Waals surface area contributed by atoms with Crippen LogP contribution in [0.2, 0.25) is 0 Å². The van der Waals surface area contributed by atoms with Crippen LogP contribution in [-0.2, 0) is 4.79 Å². The molecule has 0 heterocycles. The maximum Gasteiger partial charge on any atom is 0.415 e. The van der Waals surface area contributed by atoms with E-state index in [4.69, 9.17) is 5.73 Å². The molecular formula is C9H15F3N2O. The molecule has 3 N–H and O–H groups in total. The predicted molar refractivity (Wildman–Crippen MR) is 49.0 cm³/mol. The van der Waals surface area contributed by atoms with Crippen molar-refractivity contribution in [2.24, 2.45) is 5.73 Å². The highest BCUT2D eigenvalue weighted by Gasteiger charge is 2.55. The van der Waals surface area contributed by atoms with Crippen molar-refractivity contribution >= 4 is 5.91 Å². The average Bonchev–Trinajstić information content (AvgIpc) is 1.99. The van der Waals surface area contributed by atoms with Crippen LogP contribution in [-0.4, -0.2) is 23.2 Å². The van der Waals surface area contributed by atoms with E-state index < -0.39 is 23.2 Å². The van der Waals surface area contributed by atoms with E-state index in [2.05, 4.69) is 5.32 Å². The Morgan fingerprint density at radius 2 is 1.87 bits per heavy atom. The summed E-state index contributed by atoms with van der Waals surface area (Å²) >= 11 is 0. The molecule has 0 saturated heterocycles. The minimum Gasteiger partial charge on any atom is -0.349 e. The molecule has 0 bridgehead atoms. The van der Waals surface area contributed by atoms with Gasteiger partial charge in [0, 0.05) is 5.54 Å². The monoisotopic (exact) mass is 224 g/mol. The van der Waals surface area contributed by atoms with Crippen molar-refractivity contribution < 1.29 is 18.0 Å². The van der Waals surface area contributed by atoms with Crippen molar-refractivity contribution in [3.05, 3.63) is 0 Å². The molecular weight excluding hydrogens is 209 g/mol. The summed E-state index contributed by atoms with van der Waals surface area (Å²) in [5.74, 6) is -1.16. The van der Waals surface area contributed by atoms with Crippen molar-refractivity contribution in [1.82, 2.24) is 5.32 Å². The minimum absolute atomic E-state index is 0.511. The van der Waals surface area contributed by atoms with E-state index in [1.54, 1.807) is 6.92 Å². The van der Waals surface area contributed by atoms with Crippen molar-refractivity contribution in [3.63, 3.8) is 0 Å². The number of halogens is 3. The number of nitrogens with two attached hydrogens (primary N) is 1. The number of nitrogens with one attached hydrogen (secondary N) is 1. The molecule has 0 aliphatic heterocycles. The van der Waals surface area contributed by atoms with Crippen LogP contribution in [0.15, 0.2) is 0 Å². The fourth-order valence-corrected chi connectivity index (χ4v) is 1.36. The highest BCUT2D eigenvalue weighted by atomic mass is 19.4. The lowest BCUT2D eigenvalue weighted by Crippen LogP contribution is -2.66. The molecule has 1 amide bonds. The quantitative estimate of drug-likeness (QED) is 0.743. The molecule has 3 nitrogen and oxygen atoms in total. The van der Waals surface area contributed by atoms with Crippen LogP contribution in [0, 0.1) is 0 Å². The second-order valence-corrected chi connectivity index (χ2v) is 4.57. The maximum absolute atomic E-state index is 12.4. The molecule has 88 valence electrons. The van der Waals surface area contributed by atoms with Gasteiger partial charge in [-0.15, -0.1) is 0 Å². The normalized spacial score (nSPS) is 23.9. The zero-order valence-corrected chi connectivity index (χ0v) is 8.74. The Morgan fingerprint density at radius 3 is 2.13 bits per heavy atom. The summed E-state index contributed by atoms with van der Waals surface area (Å²) in [5.41, 5.74) is 1.66. The Hall–Kier alpha value is -0.780. The molecule has 0 spiro atoms. The fourth-order valence-electron chi connectivity index (χ4n) is 1.36. The van der Waals surface area contributed by atoms with E-state index in [0.29, 0.717) is 19.8 Å². The number of hydrogen-bond donors (Lipinski definition) is 2. The second-order valence-electron chi connectivity index (χ2n) is 4.57. The van der Waals surface area contributed by atoms with E-state index in [1.165, 1.54) is 0 Å². The summed E-state index contributed by atoms with van der Waals surface area (Å²) in [4.78, 5) is 11.4. The zero-order chi connectivity index (χ0) is 11.9. The summed E-state index contributed by atoms with van der Waals surface area (Å²) in [6.45, 7) is 2.41. The second kappa shape index (κ2) is 3.37. The molecule has 15 heavy (non-hydrogen) atoms. The van der Waals surface area contributed by atoms with E-state index >= 15 is 0 Å². The first-order chi connectivity index (χ1) is 6.58.